The fourth-order valence-electron chi connectivity index (χ4n) is 1.74. The summed E-state index contributed by atoms with van der Waals surface area (Å²) in [6.07, 6.45) is 15.3. The summed E-state index contributed by atoms with van der Waals surface area (Å²) < 4.78 is 5.29. The van der Waals surface area contributed by atoms with E-state index in [0.717, 1.165) is 32.7 Å². The molecule has 0 aliphatic carbocycles. The van der Waals surface area contributed by atoms with Gasteiger partial charge in [-0.25, -0.2) is 0 Å². The van der Waals surface area contributed by atoms with Crippen molar-refractivity contribution >= 4 is 0 Å². The Balaban J connectivity index is 1.98. The van der Waals surface area contributed by atoms with Crippen LogP contribution in [0.4, 0.5) is 0 Å². The smallest absolute Gasteiger partial charge is 0.0642 e. The summed E-state index contributed by atoms with van der Waals surface area (Å²) in [6.45, 7) is 6.07. The second-order valence-electron chi connectivity index (χ2n) is 4.24. The molecule has 2 heteroatoms. The zero-order chi connectivity index (χ0) is 11.5. The van der Waals surface area contributed by atoms with E-state index in [1.165, 1.54) is 25.7 Å². The van der Waals surface area contributed by atoms with E-state index in [2.05, 4.69) is 36.3 Å². The van der Waals surface area contributed by atoms with Gasteiger partial charge in [0.2, 0.25) is 0 Å². The van der Waals surface area contributed by atoms with Crippen LogP contribution in [0.5, 0.6) is 0 Å². The summed E-state index contributed by atoms with van der Waals surface area (Å²) in [5, 5.41) is 0. The molecule has 0 atom stereocenters. The Kier molecular flexibility index (Phi) is 7.87. The van der Waals surface area contributed by atoms with E-state index in [-0.39, 0.29) is 0 Å². The minimum Gasteiger partial charge on any atom is -0.378 e. The Labute approximate surface area is 100.0 Å². The van der Waals surface area contributed by atoms with Gasteiger partial charge in [-0.2, -0.15) is 0 Å². The fraction of sp³-hybridized carbons (Fsp3) is 0.714. The van der Waals surface area contributed by atoms with Crippen molar-refractivity contribution in [1.82, 2.24) is 4.90 Å². The molecule has 0 unspecified atom stereocenters. The lowest BCUT2D eigenvalue weighted by molar-refractivity contribution is 0.0593. The quantitative estimate of drug-likeness (QED) is 0.485. The van der Waals surface area contributed by atoms with E-state index in [1.54, 1.807) is 0 Å². The Morgan fingerprint density at radius 3 is 2.62 bits per heavy atom. The summed E-state index contributed by atoms with van der Waals surface area (Å²) in [5.41, 5.74) is 0. The van der Waals surface area contributed by atoms with Gasteiger partial charge in [-0.1, -0.05) is 38.0 Å². The lowest BCUT2D eigenvalue weighted by Crippen LogP contribution is -2.31. The average molecular weight is 223 g/mol. The van der Waals surface area contributed by atoms with Gasteiger partial charge in [0.1, 0.15) is 0 Å². The lowest BCUT2D eigenvalue weighted by Gasteiger charge is -2.24. The van der Waals surface area contributed by atoms with Crippen LogP contribution in [0.2, 0.25) is 0 Å². The minimum absolute atomic E-state index is 0.872. The van der Waals surface area contributed by atoms with Crippen molar-refractivity contribution in [2.75, 3.05) is 26.3 Å². The normalized spacial score (nSPS) is 17.7. The number of nitrogens with zero attached hydrogens (tertiary/aromatic N) is 1. The molecule has 1 rings (SSSR count). The SMILES string of the molecule is CCCCC/C=C/C/C=C/N1CCOCC1. The molecule has 92 valence electrons. The van der Waals surface area contributed by atoms with Crippen LogP contribution in [0.15, 0.2) is 24.4 Å². The van der Waals surface area contributed by atoms with E-state index in [1.807, 2.05) is 0 Å². The van der Waals surface area contributed by atoms with Gasteiger partial charge in [0.05, 0.1) is 13.2 Å². The van der Waals surface area contributed by atoms with Gasteiger partial charge < -0.3 is 9.64 Å². The number of allylic oxidation sites excluding steroid dienone is 3. The first-order valence-electron chi connectivity index (χ1n) is 6.57. The number of rotatable bonds is 7. The maximum Gasteiger partial charge on any atom is 0.0642 e. The highest BCUT2D eigenvalue weighted by molar-refractivity contribution is 4.93. The fourth-order valence-corrected chi connectivity index (χ4v) is 1.74. The maximum atomic E-state index is 5.29. The topological polar surface area (TPSA) is 12.5 Å². The van der Waals surface area contributed by atoms with E-state index in [0.29, 0.717) is 0 Å². The van der Waals surface area contributed by atoms with Crippen LogP contribution < -0.4 is 0 Å². The summed E-state index contributed by atoms with van der Waals surface area (Å²) in [5.74, 6) is 0. The molecule has 0 spiro atoms. The molecule has 1 fully saturated rings. The van der Waals surface area contributed by atoms with E-state index >= 15 is 0 Å². The standard InChI is InChI=1S/C14H25NO/c1-2-3-4-5-6-7-8-9-10-15-11-13-16-14-12-15/h6-7,9-10H,2-5,8,11-14H2,1H3/b7-6+,10-9+. The molecule has 0 amide bonds. The number of unbranched alkanes of at least 4 members (excludes halogenated alkanes) is 3. The molecule has 0 saturated carbocycles. The highest BCUT2D eigenvalue weighted by Gasteiger charge is 2.03. The maximum absolute atomic E-state index is 5.29. The van der Waals surface area contributed by atoms with Crippen molar-refractivity contribution in [2.45, 2.75) is 39.0 Å². The summed E-state index contributed by atoms with van der Waals surface area (Å²) in [7, 11) is 0. The van der Waals surface area contributed by atoms with Crippen LogP contribution in [0, 0.1) is 0 Å². The van der Waals surface area contributed by atoms with Gasteiger partial charge in [-0.3, -0.25) is 0 Å². The molecule has 0 bridgehead atoms. The van der Waals surface area contributed by atoms with Gasteiger partial charge in [-0.05, 0) is 25.5 Å². The third-order valence-corrected chi connectivity index (χ3v) is 2.78. The van der Waals surface area contributed by atoms with Crippen LogP contribution in [-0.2, 0) is 4.74 Å². The van der Waals surface area contributed by atoms with Crippen LogP contribution >= 0.6 is 0 Å². The van der Waals surface area contributed by atoms with E-state index in [9.17, 15) is 0 Å². The van der Waals surface area contributed by atoms with E-state index < -0.39 is 0 Å². The van der Waals surface area contributed by atoms with Crippen molar-refractivity contribution in [2.24, 2.45) is 0 Å². The number of ether oxygens (including phenoxy) is 1. The van der Waals surface area contributed by atoms with Gasteiger partial charge in [0.25, 0.3) is 0 Å². The molecule has 0 aromatic carbocycles. The summed E-state index contributed by atoms with van der Waals surface area (Å²) >= 11 is 0. The molecule has 1 saturated heterocycles. The first kappa shape index (κ1) is 13.3. The third-order valence-electron chi connectivity index (χ3n) is 2.78. The van der Waals surface area contributed by atoms with Crippen molar-refractivity contribution in [3.8, 4) is 0 Å². The molecule has 0 N–H and O–H groups in total. The van der Waals surface area contributed by atoms with Crippen molar-refractivity contribution < 1.29 is 4.74 Å². The molecule has 1 heterocycles. The average Bonchev–Trinajstić information content (AvgIpc) is 2.34. The molecule has 0 aromatic heterocycles. The van der Waals surface area contributed by atoms with Crippen LogP contribution in [-0.4, -0.2) is 31.2 Å². The zero-order valence-electron chi connectivity index (χ0n) is 10.5. The molecule has 1 aliphatic rings. The second-order valence-corrected chi connectivity index (χ2v) is 4.24. The van der Waals surface area contributed by atoms with Gasteiger partial charge >= 0.3 is 0 Å². The second kappa shape index (κ2) is 9.46. The Morgan fingerprint density at radius 2 is 1.88 bits per heavy atom. The first-order chi connectivity index (χ1) is 7.93. The molecule has 0 aromatic rings. The molecule has 1 aliphatic heterocycles. The van der Waals surface area contributed by atoms with Crippen LogP contribution in [0.1, 0.15) is 39.0 Å². The Bertz CT molecular complexity index is 205. The van der Waals surface area contributed by atoms with Gasteiger partial charge in [0, 0.05) is 13.1 Å². The van der Waals surface area contributed by atoms with E-state index in [4.69, 9.17) is 4.74 Å². The zero-order valence-corrected chi connectivity index (χ0v) is 10.5. The molecular formula is C14H25NO. The third kappa shape index (κ3) is 6.67. The van der Waals surface area contributed by atoms with Crippen molar-refractivity contribution in [3.05, 3.63) is 24.4 Å². The van der Waals surface area contributed by atoms with Crippen LogP contribution in [0.25, 0.3) is 0 Å². The summed E-state index contributed by atoms with van der Waals surface area (Å²) in [6, 6.07) is 0. The predicted octanol–water partition coefficient (Wildman–Crippen LogP) is 3.36. The first-order valence-corrected chi connectivity index (χ1v) is 6.57. The largest absolute Gasteiger partial charge is 0.378 e. The molecular weight excluding hydrogens is 198 g/mol. The Hall–Kier alpha value is -0.760. The van der Waals surface area contributed by atoms with Crippen molar-refractivity contribution in [1.29, 1.82) is 0 Å². The lowest BCUT2D eigenvalue weighted by atomic mass is 10.2. The predicted molar refractivity (Wildman–Crippen MR) is 69.4 cm³/mol. The van der Waals surface area contributed by atoms with Gasteiger partial charge in [0.15, 0.2) is 0 Å². The Morgan fingerprint density at radius 1 is 1.06 bits per heavy atom. The molecule has 0 radical (unpaired) electrons. The van der Waals surface area contributed by atoms with Crippen molar-refractivity contribution in [3.63, 3.8) is 0 Å². The van der Waals surface area contributed by atoms with Gasteiger partial charge in [-0.15, -0.1) is 0 Å². The molecule has 16 heavy (non-hydrogen) atoms. The highest BCUT2D eigenvalue weighted by Crippen LogP contribution is 2.01. The minimum atomic E-state index is 0.872. The number of morpholine rings is 1. The monoisotopic (exact) mass is 223 g/mol. The number of hydrogen-bond acceptors (Lipinski definition) is 2. The van der Waals surface area contributed by atoms with Crippen LogP contribution in [0.3, 0.4) is 0 Å². The highest BCUT2D eigenvalue weighted by atomic mass is 16.5. The summed E-state index contributed by atoms with van der Waals surface area (Å²) in [4.78, 5) is 2.33. The number of hydrogen-bond donors (Lipinski definition) is 0. The molecule has 2 nitrogen and oxygen atoms in total.